The number of amides is 4. The summed E-state index contributed by atoms with van der Waals surface area (Å²) in [5.41, 5.74) is 3.76. The average molecular weight is 360 g/mol. The van der Waals surface area contributed by atoms with Crippen LogP contribution in [0.3, 0.4) is 0 Å². The van der Waals surface area contributed by atoms with Crippen LogP contribution in [-0.2, 0) is 9.59 Å². The van der Waals surface area contributed by atoms with Gasteiger partial charge in [-0.15, -0.1) is 0 Å². The summed E-state index contributed by atoms with van der Waals surface area (Å²) in [4.78, 5) is 37.7. The van der Waals surface area contributed by atoms with Gasteiger partial charge in [-0.05, 0) is 30.6 Å². The van der Waals surface area contributed by atoms with Crippen LogP contribution in [0.2, 0.25) is 0 Å². The predicted octanol–water partition coefficient (Wildman–Crippen LogP) is 0.833. The lowest BCUT2D eigenvalue weighted by molar-refractivity contribution is -0.138. The van der Waals surface area contributed by atoms with Crippen molar-refractivity contribution < 1.29 is 23.2 Å². The average Bonchev–Trinajstić information content (AvgIpc) is 2.67. The smallest absolute Gasteiger partial charge is 0.325 e. The zero-order valence-corrected chi connectivity index (χ0v) is 14.8. The molecule has 4 amide bonds. The molecule has 1 spiro atoms. The topological polar surface area (TPSA) is 105 Å². The lowest BCUT2D eigenvalue weighted by Gasteiger charge is -2.43. The summed E-state index contributed by atoms with van der Waals surface area (Å²) >= 11 is 0. The molecule has 142 valence electrons. The van der Waals surface area contributed by atoms with Crippen molar-refractivity contribution in [3.63, 3.8) is 0 Å². The summed E-state index contributed by atoms with van der Waals surface area (Å²) in [6.07, 6.45) is 1.93. The molecule has 0 radical (unpaired) electrons. The molecular formula is C16H26F2N4O3. The fourth-order valence-corrected chi connectivity index (χ4v) is 4.15. The third-order valence-electron chi connectivity index (χ3n) is 4.77. The molecular weight excluding hydrogens is 334 g/mol. The first-order valence-electron chi connectivity index (χ1n) is 8.38. The second-order valence-corrected chi connectivity index (χ2v) is 8.09. The lowest BCUT2D eigenvalue weighted by atomic mass is 9.64. The van der Waals surface area contributed by atoms with Crippen molar-refractivity contribution in [1.29, 1.82) is 0 Å². The van der Waals surface area contributed by atoms with Gasteiger partial charge in [0.25, 0.3) is 11.8 Å². The number of nitrogens with one attached hydrogen (secondary N) is 2. The molecule has 2 fully saturated rings. The molecule has 2 rings (SSSR count). The number of rotatable bonds is 5. The van der Waals surface area contributed by atoms with Gasteiger partial charge < -0.3 is 16.4 Å². The van der Waals surface area contributed by atoms with E-state index >= 15 is 0 Å². The van der Waals surface area contributed by atoms with E-state index in [0.29, 0.717) is 12.8 Å². The minimum Gasteiger partial charge on any atom is -0.348 e. The monoisotopic (exact) mass is 360 g/mol. The Bertz CT molecular complexity index is 582. The molecule has 0 aromatic heterocycles. The quantitative estimate of drug-likeness (QED) is 0.632. The van der Waals surface area contributed by atoms with Crippen molar-refractivity contribution in [1.82, 2.24) is 15.5 Å². The van der Waals surface area contributed by atoms with Crippen LogP contribution in [0.25, 0.3) is 0 Å². The highest BCUT2D eigenvalue weighted by Gasteiger charge is 2.56. The van der Waals surface area contributed by atoms with Gasteiger partial charge in [0, 0.05) is 0 Å². The third kappa shape index (κ3) is 4.26. The molecule has 1 aliphatic carbocycles. The van der Waals surface area contributed by atoms with E-state index in [9.17, 15) is 23.2 Å². The Morgan fingerprint density at radius 2 is 2.04 bits per heavy atom. The zero-order chi connectivity index (χ0) is 19.0. The van der Waals surface area contributed by atoms with E-state index in [2.05, 4.69) is 5.32 Å². The molecule has 2 unspecified atom stereocenters. The van der Waals surface area contributed by atoms with Gasteiger partial charge in [-0.2, -0.15) is 0 Å². The second kappa shape index (κ2) is 6.51. The fraction of sp³-hybridized carbons (Fsp3) is 0.812. The highest BCUT2D eigenvalue weighted by Crippen LogP contribution is 2.46. The van der Waals surface area contributed by atoms with Crippen LogP contribution in [0.5, 0.6) is 0 Å². The first-order chi connectivity index (χ1) is 11.4. The number of alkyl halides is 2. The van der Waals surface area contributed by atoms with Crippen molar-refractivity contribution in [3.05, 3.63) is 0 Å². The van der Waals surface area contributed by atoms with Crippen LogP contribution in [0.1, 0.15) is 40.0 Å². The summed E-state index contributed by atoms with van der Waals surface area (Å²) in [5, 5.41) is 4.75. The van der Waals surface area contributed by atoms with Gasteiger partial charge in [0.05, 0.1) is 13.1 Å². The molecule has 1 heterocycles. The molecule has 2 atom stereocenters. The largest absolute Gasteiger partial charge is 0.348 e. The predicted molar refractivity (Wildman–Crippen MR) is 86.8 cm³/mol. The molecule has 1 saturated heterocycles. The Hall–Kier alpha value is -1.77. The van der Waals surface area contributed by atoms with E-state index in [4.69, 9.17) is 5.73 Å². The number of imide groups is 1. The van der Waals surface area contributed by atoms with Crippen LogP contribution >= 0.6 is 0 Å². The van der Waals surface area contributed by atoms with Crippen molar-refractivity contribution in [2.24, 2.45) is 17.1 Å². The Labute approximate surface area is 145 Å². The minimum absolute atomic E-state index is 0.123. The Balaban J connectivity index is 2.05. The van der Waals surface area contributed by atoms with Crippen LogP contribution < -0.4 is 16.4 Å². The van der Waals surface area contributed by atoms with E-state index in [-0.39, 0.29) is 11.3 Å². The Morgan fingerprint density at radius 3 is 2.60 bits per heavy atom. The lowest BCUT2D eigenvalue weighted by Crippen LogP contribution is -2.54. The summed E-state index contributed by atoms with van der Waals surface area (Å²) in [6.45, 7) is 3.68. The summed E-state index contributed by atoms with van der Waals surface area (Å²) in [5.74, 6) is -4.27. The number of nitrogens with zero attached hydrogens (tertiary/aromatic N) is 1. The van der Waals surface area contributed by atoms with Crippen molar-refractivity contribution in [2.45, 2.75) is 51.5 Å². The summed E-state index contributed by atoms with van der Waals surface area (Å²) < 4.78 is 26.2. The van der Waals surface area contributed by atoms with Gasteiger partial charge in [-0.1, -0.05) is 20.8 Å². The molecule has 7 nitrogen and oxygen atoms in total. The number of hydrogen-bond donors (Lipinski definition) is 3. The van der Waals surface area contributed by atoms with Crippen molar-refractivity contribution in [3.8, 4) is 0 Å². The number of halogens is 2. The van der Waals surface area contributed by atoms with E-state index < -0.39 is 48.9 Å². The van der Waals surface area contributed by atoms with Crippen molar-refractivity contribution in [2.75, 3.05) is 19.6 Å². The summed E-state index contributed by atoms with van der Waals surface area (Å²) in [7, 11) is 0. The Kier molecular flexibility index (Phi) is 5.09. The van der Waals surface area contributed by atoms with Gasteiger partial charge in [0.15, 0.2) is 0 Å². The number of carbonyl (C=O) groups is 3. The molecule has 2 aliphatic rings. The van der Waals surface area contributed by atoms with Gasteiger partial charge in [0.1, 0.15) is 12.1 Å². The van der Waals surface area contributed by atoms with Crippen LogP contribution in [-0.4, -0.2) is 53.8 Å². The molecule has 9 heteroatoms. The summed E-state index contributed by atoms with van der Waals surface area (Å²) in [6, 6.07) is -0.657. The molecule has 1 saturated carbocycles. The molecule has 25 heavy (non-hydrogen) atoms. The minimum atomic E-state index is -3.23. The number of urea groups is 1. The highest BCUT2D eigenvalue weighted by atomic mass is 19.3. The second-order valence-electron chi connectivity index (χ2n) is 8.09. The molecule has 1 aliphatic heterocycles. The molecule has 0 aromatic rings. The van der Waals surface area contributed by atoms with E-state index in [1.807, 2.05) is 26.1 Å². The van der Waals surface area contributed by atoms with E-state index in [1.54, 1.807) is 0 Å². The fourth-order valence-electron chi connectivity index (χ4n) is 4.15. The highest BCUT2D eigenvalue weighted by molar-refractivity contribution is 6.09. The third-order valence-corrected chi connectivity index (χ3v) is 4.77. The van der Waals surface area contributed by atoms with Gasteiger partial charge in [0.2, 0.25) is 5.91 Å². The van der Waals surface area contributed by atoms with Crippen LogP contribution in [0.4, 0.5) is 13.6 Å². The maximum absolute atomic E-state index is 13.1. The van der Waals surface area contributed by atoms with Gasteiger partial charge in [-0.3, -0.25) is 14.5 Å². The maximum atomic E-state index is 13.1. The first kappa shape index (κ1) is 19.6. The van der Waals surface area contributed by atoms with Gasteiger partial charge >= 0.3 is 6.03 Å². The molecule has 0 aromatic carbocycles. The number of carbonyl (C=O) groups excluding carboxylic acids is 3. The standard InChI is InChI=1S/C16H26F2N4O3/c1-10-4-14(2,3)7-15(5-10)12(24)22(13(25)21-15)6-11(23)20-9-16(17,18)8-19/h10H,4-9,19H2,1-3H3,(H,20,23)(H,21,25). The zero-order valence-electron chi connectivity index (χ0n) is 14.8. The Morgan fingerprint density at radius 1 is 1.40 bits per heavy atom. The maximum Gasteiger partial charge on any atom is 0.325 e. The van der Waals surface area contributed by atoms with Gasteiger partial charge in [-0.25, -0.2) is 13.6 Å². The molecule has 0 bridgehead atoms. The normalized spacial score (nSPS) is 29.0. The van der Waals surface area contributed by atoms with Crippen LogP contribution in [0.15, 0.2) is 0 Å². The number of hydrogen-bond acceptors (Lipinski definition) is 4. The molecule has 4 N–H and O–H groups in total. The van der Waals surface area contributed by atoms with Crippen molar-refractivity contribution >= 4 is 17.8 Å². The van der Waals surface area contributed by atoms with E-state index in [0.717, 1.165) is 11.3 Å². The SMILES string of the molecule is CC1CC(C)(C)CC2(C1)NC(=O)N(CC(=O)NCC(F)(F)CN)C2=O. The van der Waals surface area contributed by atoms with E-state index in [1.165, 1.54) is 0 Å². The number of nitrogens with two attached hydrogens (primary N) is 1. The van der Waals surface area contributed by atoms with Crippen LogP contribution in [0, 0.1) is 11.3 Å². The first-order valence-corrected chi connectivity index (χ1v) is 8.38.